The summed E-state index contributed by atoms with van der Waals surface area (Å²) >= 11 is 7.68. The van der Waals surface area contributed by atoms with Crippen molar-refractivity contribution in [3.63, 3.8) is 0 Å². The van der Waals surface area contributed by atoms with Gasteiger partial charge in [-0.05, 0) is 86.3 Å². The van der Waals surface area contributed by atoms with Crippen LogP contribution in [0.1, 0.15) is 20.9 Å². The average Bonchev–Trinajstić information content (AvgIpc) is 3.70. The van der Waals surface area contributed by atoms with E-state index in [9.17, 15) is 0 Å². The highest BCUT2D eigenvalue weighted by Crippen LogP contribution is 2.53. The Kier molecular flexibility index (Phi) is 5.90. The molecule has 38 heavy (non-hydrogen) atoms. The van der Waals surface area contributed by atoms with Gasteiger partial charge in [0.15, 0.2) is 0 Å². The number of hydrogen-bond acceptors (Lipinski definition) is 4. The third-order valence-corrected chi connectivity index (χ3v) is 12.0. The maximum absolute atomic E-state index is 2.46. The van der Waals surface area contributed by atoms with Crippen LogP contribution in [0.15, 0.2) is 84.9 Å². The number of rotatable bonds is 4. The molecule has 0 saturated heterocycles. The smallest absolute Gasteiger partial charge is 0.0455 e. The second-order valence-corrected chi connectivity index (χ2v) is 14.6. The van der Waals surface area contributed by atoms with Gasteiger partial charge in [-0.15, -0.1) is 45.3 Å². The Bertz CT molecular complexity index is 1770. The lowest BCUT2D eigenvalue weighted by atomic mass is 9.90. The maximum atomic E-state index is 2.46. The molecular weight excluding hydrogens is 537 g/mol. The van der Waals surface area contributed by atoms with Crippen molar-refractivity contribution < 1.29 is 0 Å². The summed E-state index contributed by atoms with van der Waals surface area (Å²) in [5.74, 6) is 0. The fourth-order valence-corrected chi connectivity index (χ4v) is 9.76. The van der Waals surface area contributed by atoms with Crippen molar-refractivity contribution in [3.8, 4) is 41.8 Å². The quantitative estimate of drug-likeness (QED) is 0.200. The molecule has 3 aromatic carbocycles. The summed E-state index contributed by atoms with van der Waals surface area (Å²) in [4.78, 5) is 8.13. The minimum Gasteiger partial charge on any atom is -0.140 e. The number of aryl methyl sites for hydroxylation is 4. The molecule has 186 valence electrons. The molecule has 0 unspecified atom stereocenters. The van der Waals surface area contributed by atoms with E-state index < -0.39 is 0 Å². The highest BCUT2D eigenvalue weighted by Gasteiger charge is 2.24. The van der Waals surface area contributed by atoms with E-state index in [1.165, 1.54) is 82.8 Å². The minimum absolute atomic E-state index is 1.32. The molecule has 0 aliphatic rings. The van der Waals surface area contributed by atoms with Gasteiger partial charge >= 0.3 is 0 Å². The van der Waals surface area contributed by atoms with Gasteiger partial charge in [0.05, 0.1) is 0 Å². The van der Waals surface area contributed by atoms with Crippen LogP contribution < -0.4 is 0 Å². The first-order valence-electron chi connectivity index (χ1n) is 12.8. The van der Waals surface area contributed by atoms with Crippen molar-refractivity contribution >= 4 is 65.5 Å². The molecule has 0 N–H and O–H groups in total. The Morgan fingerprint density at radius 3 is 1.21 bits per heavy atom. The average molecular weight is 563 g/mol. The first kappa shape index (κ1) is 24.1. The molecule has 0 fully saturated rings. The molecular formula is C34H26S4. The Morgan fingerprint density at radius 2 is 0.842 bits per heavy atom. The van der Waals surface area contributed by atoms with E-state index in [0.717, 1.165) is 0 Å². The molecule has 4 heterocycles. The fraction of sp³-hybridized carbons (Fsp3) is 0.118. The standard InChI is InChI=1S/C34H26S4/c1-19-9-5-7-11-23(19)31-25-17-29(27-15-13-21(3)35-27)38-34(25)32(24-12-8-6-10-20(24)2)26-18-30(37-33(26)31)28-16-14-22(4)36-28/h5-18H,1-4H3. The monoisotopic (exact) mass is 562 g/mol. The second kappa shape index (κ2) is 9.32. The topological polar surface area (TPSA) is 0 Å². The number of fused-ring (bicyclic) bond motifs is 2. The van der Waals surface area contributed by atoms with Gasteiger partial charge in [0.2, 0.25) is 0 Å². The van der Waals surface area contributed by atoms with E-state index in [2.05, 4.69) is 113 Å². The summed E-state index contributed by atoms with van der Waals surface area (Å²) in [6.07, 6.45) is 0. The lowest BCUT2D eigenvalue weighted by molar-refractivity contribution is 1.47. The van der Waals surface area contributed by atoms with E-state index in [1.54, 1.807) is 0 Å². The van der Waals surface area contributed by atoms with Crippen LogP contribution in [-0.2, 0) is 0 Å². The number of benzene rings is 3. The Hall–Kier alpha value is -3.02. The van der Waals surface area contributed by atoms with Crippen molar-refractivity contribution in [2.75, 3.05) is 0 Å². The van der Waals surface area contributed by atoms with Gasteiger partial charge in [0.25, 0.3) is 0 Å². The van der Waals surface area contributed by atoms with Crippen LogP contribution in [0.2, 0.25) is 0 Å². The van der Waals surface area contributed by atoms with Crippen LogP contribution in [0.4, 0.5) is 0 Å². The molecule has 0 nitrogen and oxygen atoms in total. The summed E-state index contributed by atoms with van der Waals surface area (Å²) in [6, 6.07) is 31.7. The van der Waals surface area contributed by atoms with Gasteiger partial charge in [-0.2, -0.15) is 0 Å². The van der Waals surface area contributed by atoms with Gasteiger partial charge in [-0.3, -0.25) is 0 Å². The van der Waals surface area contributed by atoms with Crippen LogP contribution in [0.5, 0.6) is 0 Å². The third-order valence-electron chi connectivity index (χ3n) is 7.25. The summed E-state index contributed by atoms with van der Waals surface area (Å²) in [5.41, 5.74) is 8.07. The van der Waals surface area contributed by atoms with Gasteiger partial charge in [-0.25, -0.2) is 0 Å². The van der Waals surface area contributed by atoms with Gasteiger partial charge in [-0.1, -0.05) is 48.5 Å². The van der Waals surface area contributed by atoms with E-state index in [-0.39, 0.29) is 0 Å². The molecule has 0 saturated carbocycles. The molecule has 0 spiro atoms. The predicted molar refractivity (Wildman–Crippen MR) is 174 cm³/mol. The largest absolute Gasteiger partial charge is 0.140 e. The van der Waals surface area contributed by atoms with Crippen LogP contribution in [0.25, 0.3) is 61.9 Å². The SMILES string of the molecule is Cc1ccc(-c2cc3c(-c4ccccc4C)c4sc(-c5ccc(C)s5)cc4c(-c4ccccc4C)c3s2)s1. The van der Waals surface area contributed by atoms with Gasteiger partial charge < -0.3 is 0 Å². The molecule has 4 aromatic heterocycles. The third kappa shape index (κ3) is 3.90. The van der Waals surface area contributed by atoms with Crippen LogP contribution in [0.3, 0.4) is 0 Å². The first-order chi connectivity index (χ1) is 18.5. The second-order valence-electron chi connectivity index (χ2n) is 9.91. The zero-order chi connectivity index (χ0) is 26.0. The van der Waals surface area contributed by atoms with Crippen molar-refractivity contribution in [2.24, 2.45) is 0 Å². The zero-order valence-electron chi connectivity index (χ0n) is 21.7. The Morgan fingerprint density at radius 1 is 0.421 bits per heavy atom. The maximum Gasteiger partial charge on any atom is 0.0455 e. The predicted octanol–water partition coefficient (Wildman–Crippen LogP) is 12.1. The van der Waals surface area contributed by atoms with Gasteiger partial charge in [0, 0.05) is 60.6 Å². The summed E-state index contributed by atoms with van der Waals surface area (Å²) in [7, 11) is 0. The molecule has 0 amide bonds. The lowest BCUT2D eigenvalue weighted by Gasteiger charge is -2.15. The highest BCUT2D eigenvalue weighted by molar-refractivity contribution is 7.28. The first-order valence-corrected chi connectivity index (χ1v) is 16.0. The van der Waals surface area contributed by atoms with Crippen molar-refractivity contribution in [3.05, 3.63) is 106 Å². The highest BCUT2D eigenvalue weighted by atomic mass is 32.1. The van der Waals surface area contributed by atoms with Gasteiger partial charge in [0.1, 0.15) is 0 Å². The summed E-state index contributed by atoms with van der Waals surface area (Å²) < 4.78 is 2.77. The molecule has 0 radical (unpaired) electrons. The Balaban J connectivity index is 1.67. The molecule has 7 aromatic rings. The van der Waals surface area contributed by atoms with E-state index in [4.69, 9.17) is 0 Å². The Labute approximate surface area is 239 Å². The summed E-state index contributed by atoms with van der Waals surface area (Å²) in [6.45, 7) is 8.89. The lowest BCUT2D eigenvalue weighted by Crippen LogP contribution is -1.89. The van der Waals surface area contributed by atoms with E-state index in [0.29, 0.717) is 0 Å². The number of hydrogen-bond donors (Lipinski definition) is 0. The van der Waals surface area contributed by atoms with Crippen molar-refractivity contribution in [1.29, 1.82) is 0 Å². The molecule has 0 bridgehead atoms. The fourth-order valence-electron chi connectivity index (χ4n) is 5.39. The summed E-state index contributed by atoms with van der Waals surface area (Å²) in [5, 5.41) is 2.73. The van der Waals surface area contributed by atoms with Crippen molar-refractivity contribution in [2.45, 2.75) is 27.7 Å². The minimum atomic E-state index is 1.32. The number of thiophene rings is 4. The van der Waals surface area contributed by atoms with Crippen LogP contribution >= 0.6 is 45.3 Å². The zero-order valence-corrected chi connectivity index (χ0v) is 25.0. The molecule has 0 atom stereocenters. The van der Waals surface area contributed by atoms with Crippen LogP contribution in [-0.4, -0.2) is 0 Å². The van der Waals surface area contributed by atoms with E-state index in [1.807, 2.05) is 45.3 Å². The molecule has 7 rings (SSSR count). The molecule has 4 heteroatoms. The van der Waals surface area contributed by atoms with Crippen molar-refractivity contribution in [1.82, 2.24) is 0 Å². The molecule has 0 aliphatic heterocycles. The molecule has 0 aliphatic carbocycles. The van der Waals surface area contributed by atoms with E-state index >= 15 is 0 Å². The van der Waals surface area contributed by atoms with Crippen LogP contribution in [0, 0.1) is 27.7 Å². The normalized spacial score (nSPS) is 11.7.